The second kappa shape index (κ2) is 4.33. The number of carbonyl (C=O) groups is 1. The van der Waals surface area contributed by atoms with Crippen LogP contribution >= 0.6 is 11.3 Å². The third-order valence-corrected chi connectivity index (χ3v) is 2.87. The molecule has 18 heavy (non-hydrogen) atoms. The summed E-state index contributed by atoms with van der Waals surface area (Å²) >= 11 is 0.733. The van der Waals surface area contributed by atoms with E-state index in [-0.39, 0.29) is 15.6 Å². The molecule has 0 spiro atoms. The fourth-order valence-electron chi connectivity index (χ4n) is 1.11. The summed E-state index contributed by atoms with van der Waals surface area (Å²) in [6.45, 7) is 0. The highest BCUT2D eigenvalue weighted by Crippen LogP contribution is 2.30. The van der Waals surface area contributed by atoms with Crippen molar-refractivity contribution in [2.45, 2.75) is 6.18 Å². The lowest BCUT2D eigenvalue weighted by atomic mass is 10.3. The van der Waals surface area contributed by atoms with Crippen LogP contribution in [-0.4, -0.2) is 26.0 Å². The Hall–Kier alpha value is -2.03. The van der Waals surface area contributed by atoms with Crippen molar-refractivity contribution in [1.82, 2.24) is 15.0 Å². The molecule has 0 amide bonds. The van der Waals surface area contributed by atoms with E-state index in [0.717, 1.165) is 23.7 Å². The van der Waals surface area contributed by atoms with Gasteiger partial charge in [-0.3, -0.25) is 4.98 Å². The quantitative estimate of drug-likeness (QED) is 0.910. The number of rotatable bonds is 2. The predicted molar refractivity (Wildman–Crippen MR) is 55.1 cm³/mol. The van der Waals surface area contributed by atoms with E-state index in [2.05, 4.69) is 15.0 Å². The molecule has 0 radical (unpaired) electrons. The number of hydrogen-bond donors (Lipinski definition) is 1. The molecule has 2 rings (SSSR count). The number of thiazole rings is 1. The Labute approximate surface area is 102 Å². The van der Waals surface area contributed by atoms with Crippen molar-refractivity contribution in [2.24, 2.45) is 0 Å². The summed E-state index contributed by atoms with van der Waals surface area (Å²) in [6.07, 6.45) is -1.72. The van der Waals surface area contributed by atoms with Gasteiger partial charge in [-0.1, -0.05) is 0 Å². The molecule has 0 aromatic carbocycles. The zero-order valence-electron chi connectivity index (χ0n) is 8.47. The summed E-state index contributed by atoms with van der Waals surface area (Å²) in [6, 6.07) is 0. The predicted octanol–water partition coefficient (Wildman–Crippen LogP) is 2.32. The number of carboxylic acids is 1. The number of aromatic carboxylic acids is 1. The molecule has 2 aromatic rings. The fourth-order valence-corrected chi connectivity index (χ4v) is 1.82. The number of alkyl halides is 3. The average Bonchev–Trinajstić information content (AvgIpc) is 2.77. The van der Waals surface area contributed by atoms with Crippen LogP contribution in [0, 0.1) is 0 Å². The monoisotopic (exact) mass is 275 g/mol. The molecule has 9 heteroatoms. The normalized spacial score (nSPS) is 11.5. The van der Waals surface area contributed by atoms with E-state index in [1.165, 1.54) is 0 Å². The van der Waals surface area contributed by atoms with Gasteiger partial charge >= 0.3 is 12.1 Å². The van der Waals surface area contributed by atoms with Crippen molar-refractivity contribution in [2.75, 3.05) is 0 Å². The summed E-state index contributed by atoms with van der Waals surface area (Å²) < 4.78 is 37.2. The molecule has 0 aliphatic heterocycles. The Bertz CT molecular complexity index is 597. The highest BCUT2D eigenvalue weighted by atomic mass is 32.1. The minimum absolute atomic E-state index is 0.0603. The van der Waals surface area contributed by atoms with Gasteiger partial charge in [-0.25, -0.2) is 14.8 Å². The molecule has 0 saturated carbocycles. The van der Waals surface area contributed by atoms with Crippen LogP contribution in [0.1, 0.15) is 15.5 Å². The van der Waals surface area contributed by atoms with Crippen molar-refractivity contribution in [3.63, 3.8) is 0 Å². The van der Waals surface area contributed by atoms with Crippen LogP contribution in [-0.2, 0) is 6.18 Å². The van der Waals surface area contributed by atoms with Crippen LogP contribution in [0.15, 0.2) is 18.6 Å². The standard InChI is InChI=1S/C9H4F3N3O2S/c10-9(11,12)6-3-13-1-4(15-6)5-2-14-7(18-5)8(16)17/h1-3H,(H,16,17). The lowest BCUT2D eigenvalue weighted by Crippen LogP contribution is -2.08. The zero-order chi connectivity index (χ0) is 13.3. The smallest absolute Gasteiger partial charge is 0.434 e. The van der Waals surface area contributed by atoms with Gasteiger partial charge in [-0.05, 0) is 0 Å². The summed E-state index contributed by atoms with van der Waals surface area (Å²) in [5, 5.41) is 8.44. The minimum atomic E-state index is -4.59. The van der Waals surface area contributed by atoms with Gasteiger partial charge in [0.05, 0.1) is 17.3 Å². The summed E-state index contributed by atoms with van der Waals surface area (Å²) in [4.78, 5) is 21.2. The van der Waals surface area contributed by atoms with E-state index in [4.69, 9.17) is 5.11 Å². The topological polar surface area (TPSA) is 76.0 Å². The van der Waals surface area contributed by atoms with Crippen molar-refractivity contribution in [3.05, 3.63) is 29.3 Å². The summed E-state index contributed by atoms with van der Waals surface area (Å²) in [5.41, 5.74) is -1.19. The Kier molecular flexibility index (Phi) is 2.99. The first-order valence-electron chi connectivity index (χ1n) is 4.46. The first-order chi connectivity index (χ1) is 8.38. The van der Waals surface area contributed by atoms with E-state index in [9.17, 15) is 18.0 Å². The van der Waals surface area contributed by atoms with Crippen LogP contribution < -0.4 is 0 Å². The molecule has 0 saturated heterocycles. The number of halogens is 3. The van der Waals surface area contributed by atoms with Gasteiger partial charge in [0, 0.05) is 6.20 Å². The molecule has 0 atom stereocenters. The van der Waals surface area contributed by atoms with Gasteiger partial charge in [0.1, 0.15) is 5.69 Å². The van der Waals surface area contributed by atoms with Gasteiger partial charge in [-0.2, -0.15) is 13.2 Å². The first-order valence-corrected chi connectivity index (χ1v) is 5.28. The molecule has 0 fully saturated rings. The number of hydrogen-bond acceptors (Lipinski definition) is 5. The van der Waals surface area contributed by atoms with Gasteiger partial charge in [0.15, 0.2) is 5.69 Å². The molecule has 2 heterocycles. The third-order valence-electron chi connectivity index (χ3n) is 1.87. The van der Waals surface area contributed by atoms with E-state index < -0.39 is 17.8 Å². The maximum atomic E-state index is 12.4. The molecule has 0 aliphatic rings. The van der Waals surface area contributed by atoms with Crippen molar-refractivity contribution >= 4 is 17.3 Å². The summed E-state index contributed by atoms with van der Waals surface area (Å²) in [7, 11) is 0. The van der Waals surface area contributed by atoms with E-state index in [1.54, 1.807) is 0 Å². The molecule has 0 bridgehead atoms. The fraction of sp³-hybridized carbons (Fsp3) is 0.111. The maximum absolute atomic E-state index is 12.4. The van der Waals surface area contributed by atoms with Gasteiger partial charge in [-0.15, -0.1) is 11.3 Å². The number of aromatic nitrogens is 3. The molecule has 5 nitrogen and oxygen atoms in total. The lowest BCUT2D eigenvalue weighted by Gasteiger charge is -2.05. The number of nitrogens with zero attached hydrogens (tertiary/aromatic N) is 3. The zero-order valence-corrected chi connectivity index (χ0v) is 9.29. The van der Waals surface area contributed by atoms with Crippen LogP contribution in [0.4, 0.5) is 13.2 Å². The molecule has 0 unspecified atom stereocenters. The van der Waals surface area contributed by atoms with E-state index >= 15 is 0 Å². The SMILES string of the molecule is O=C(O)c1ncc(-c2cncc(C(F)(F)F)n2)s1. The van der Waals surface area contributed by atoms with E-state index in [1.807, 2.05) is 0 Å². The molecule has 94 valence electrons. The Morgan fingerprint density at radius 3 is 2.56 bits per heavy atom. The molecule has 0 aliphatic carbocycles. The van der Waals surface area contributed by atoms with Crippen LogP contribution in [0.5, 0.6) is 0 Å². The Morgan fingerprint density at radius 2 is 2.00 bits per heavy atom. The molecule has 2 aromatic heterocycles. The van der Waals surface area contributed by atoms with Crippen molar-refractivity contribution in [1.29, 1.82) is 0 Å². The van der Waals surface area contributed by atoms with Crippen molar-refractivity contribution in [3.8, 4) is 10.6 Å². The molecule has 1 N–H and O–H groups in total. The molecular formula is C9H4F3N3O2S. The van der Waals surface area contributed by atoms with Crippen LogP contribution in [0.2, 0.25) is 0 Å². The summed E-state index contributed by atoms with van der Waals surface area (Å²) in [5.74, 6) is -1.24. The second-order valence-electron chi connectivity index (χ2n) is 3.12. The highest BCUT2D eigenvalue weighted by Gasteiger charge is 2.33. The largest absolute Gasteiger partial charge is 0.476 e. The number of carboxylic acid groups (broad SMARTS) is 1. The van der Waals surface area contributed by atoms with Gasteiger partial charge in [0.2, 0.25) is 5.01 Å². The Morgan fingerprint density at radius 1 is 1.28 bits per heavy atom. The lowest BCUT2D eigenvalue weighted by molar-refractivity contribution is -0.141. The Balaban J connectivity index is 2.41. The maximum Gasteiger partial charge on any atom is 0.434 e. The third kappa shape index (κ3) is 2.45. The molecular weight excluding hydrogens is 271 g/mol. The average molecular weight is 275 g/mol. The highest BCUT2D eigenvalue weighted by molar-refractivity contribution is 7.16. The van der Waals surface area contributed by atoms with E-state index in [0.29, 0.717) is 6.20 Å². The van der Waals surface area contributed by atoms with Crippen LogP contribution in [0.25, 0.3) is 10.6 Å². The van der Waals surface area contributed by atoms with Gasteiger partial charge < -0.3 is 5.11 Å². The first kappa shape index (κ1) is 12.4. The van der Waals surface area contributed by atoms with Crippen LogP contribution in [0.3, 0.4) is 0 Å². The van der Waals surface area contributed by atoms with Crippen molar-refractivity contribution < 1.29 is 23.1 Å². The second-order valence-corrected chi connectivity index (χ2v) is 4.15. The minimum Gasteiger partial charge on any atom is -0.476 e. The van der Waals surface area contributed by atoms with Gasteiger partial charge in [0.25, 0.3) is 0 Å².